The van der Waals surface area contributed by atoms with E-state index in [9.17, 15) is 0 Å². The van der Waals surface area contributed by atoms with Crippen LogP contribution in [0.15, 0.2) is 17.5 Å². The van der Waals surface area contributed by atoms with Gasteiger partial charge in [-0.25, -0.2) is 4.98 Å². The molecule has 0 aliphatic heterocycles. The van der Waals surface area contributed by atoms with Gasteiger partial charge in [0.1, 0.15) is 5.75 Å². The summed E-state index contributed by atoms with van der Waals surface area (Å²) in [6.45, 7) is 4.16. The molecule has 90 valence electrons. The van der Waals surface area contributed by atoms with Crippen LogP contribution in [0.1, 0.15) is 11.1 Å². The first-order valence-corrected chi connectivity index (χ1v) is 6.32. The molecule has 0 amide bonds. The monoisotopic (exact) mass is 248 g/mol. The molecule has 0 saturated heterocycles. The number of methoxy groups -OCH3 is 1. The van der Waals surface area contributed by atoms with Crippen LogP contribution in [0.3, 0.4) is 0 Å². The van der Waals surface area contributed by atoms with Crippen molar-refractivity contribution in [3.63, 3.8) is 0 Å². The molecule has 2 rings (SSSR count). The van der Waals surface area contributed by atoms with Crippen molar-refractivity contribution in [1.82, 2.24) is 4.98 Å². The smallest absolute Gasteiger partial charge is 0.182 e. The number of thiazole rings is 1. The van der Waals surface area contributed by atoms with Gasteiger partial charge < -0.3 is 10.1 Å². The predicted molar refractivity (Wildman–Crippen MR) is 73.1 cm³/mol. The van der Waals surface area contributed by atoms with Crippen molar-refractivity contribution in [3.05, 3.63) is 28.6 Å². The summed E-state index contributed by atoms with van der Waals surface area (Å²) in [5.74, 6) is 0.885. The highest BCUT2D eigenvalue weighted by Crippen LogP contribution is 2.35. The van der Waals surface area contributed by atoms with Crippen LogP contribution in [0, 0.1) is 13.8 Å². The molecule has 0 unspecified atom stereocenters. The van der Waals surface area contributed by atoms with Crippen LogP contribution in [0.4, 0.5) is 5.13 Å². The maximum Gasteiger partial charge on any atom is 0.182 e. The number of hydrogen-bond acceptors (Lipinski definition) is 4. The Morgan fingerprint density at radius 1 is 1.29 bits per heavy atom. The number of rotatable bonds is 3. The van der Waals surface area contributed by atoms with Crippen molar-refractivity contribution in [1.29, 1.82) is 0 Å². The van der Waals surface area contributed by atoms with Gasteiger partial charge in [-0.2, -0.15) is 0 Å². The highest BCUT2D eigenvalue weighted by Gasteiger charge is 2.13. The van der Waals surface area contributed by atoms with Crippen LogP contribution < -0.4 is 10.1 Å². The van der Waals surface area contributed by atoms with Crippen LogP contribution in [0.25, 0.3) is 11.3 Å². The molecule has 2 aromatic rings. The minimum Gasteiger partial charge on any atom is -0.496 e. The van der Waals surface area contributed by atoms with E-state index in [1.165, 1.54) is 11.1 Å². The molecule has 0 aliphatic rings. The Hall–Kier alpha value is -1.55. The summed E-state index contributed by atoms with van der Waals surface area (Å²) in [6, 6.07) is 4.19. The van der Waals surface area contributed by atoms with Crippen LogP contribution >= 0.6 is 11.3 Å². The minimum absolute atomic E-state index is 0.885. The van der Waals surface area contributed by atoms with Gasteiger partial charge in [0.25, 0.3) is 0 Å². The topological polar surface area (TPSA) is 34.2 Å². The molecule has 0 bridgehead atoms. The number of nitrogens with one attached hydrogen (secondary N) is 1. The fraction of sp³-hybridized carbons (Fsp3) is 0.308. The molecule has 0 spiro atoms. The van der Waals surface area contributed by atoms with E-state index in [2.05, 4.69) is 30.2 Å². The van der Waals surface area contributed by atoms with Crippen molar-refractivity contribution in [3.8, 4) is 17.0 Å². The van der Waals surface area contributed by atoms with E-state index < -0.39 is 0 Å². The van der Waals surface area contributed by atoms with Crippen LogP contribution in [-0.4, -0.2) is 19.1 Å². The highest BCUT2D eigenvalue weighted by molar-refractivity contribution is 7.14. The van der Waals surface area contributed by atoms with Crippen LogP contribution in [-0.2, 0) is 0 Å². The minimum atomic E-state index is 0.885. The van der Waals surface area contributed by atoms with E-state index in [1.807, 2.05) is 18.5 Å². The Kier molecular flexibility index (Phi) is 3.33. The molecule has 17 heavy (non-hydrogen) atoms. The normalized spacial score (nSPS) is 10.4. The van der Waals surface area contributed by atoms with Crippen molar-refractivity contribution in [2.45, 2.75) is 13.8 Å². The molecule has 0 saturated carbocycles. The summed E-state index contributed by atoms with van der Waals surface area (Å²) >= 11 is 1.60. The number of anilines is 1. The first-order valence-electron chi connectivity index (χ1n) is 5.44. The Balaban J connectivity index is 2.57. The lowest BCUT2D eigenvalue weighted by Gasteiger charge is -2.11. The van der Waals surface area contributed by atoms with Gasteiger partial charge in [0, 0.05) is 18.0 Å². The number of benzene rings is 1. The number of nitrogens with zero attached hydrogens (tertiary/aromatic N) is 1. The summed E-state index contributed by atoms with van der Waals surface area (Å²) < 4.78 is 5.45. The second-order valence-corrected chi connectivity index (χ2v) is 4.81. The Morgan fingerprint density at radius 2 is 2.06 bits per heavy atom. The summed E-state index contributed by atoms with van der Waals surface area (Å²) in [5, 5.41) is 6.02. The molecule has 1 heterocycles. The van der Waals surface area contributed by atoms with Gasteiger partial charge in [0.2, 0.25) is 0 Å². The summed E-state index contributed by atoms with van der Waals surface area (Å²) in [4.78, 5) is 4.53. The van der Waals surface area contributed by atoms with E-state index in [4.69, 9.17) is 4.74 Å². The number of hydrogen-bond donors (Lipinski definition) is 1. The van der Waals surface area contributed by atoms with E-state index in [0.717, 1.165) is 22.1 Å². The van der Waals surface area contributed by atoms with Gasteiger partial charge in [-0.05, 0) is 31.0 Å². The predicted octanol–water partition coefficient (Wildman–Crippen LogP) is 3.48. The van der Waals surface area contributed by atoms with Gasteiger partial charge >= 0.3 is 0 Å². The fourth-order valence-corrected chi connectivity index (χ4v) is 2.58. The first kappa shape index (κ1) is 11.9. The average molecular weight is 248 g/mol. The molecule has 0 atom stereocenters. The SMILES string of the molecule is CNc1nc(-c2c(C)cc(C)cc2OC)cs1. The van der Waals surface area contributed by atoms with Crippen molar-refractivity contribution in [2.24, 2.45) is 0 Å². The molecule has 1 aromatic heterocycles. The summed E-state index contributed by atoms with van der Waals surface area (Å²) in [7, 11) is 3.57. The van der Waals surface area contributed by atoms with Gasteiger partial charge in [0.05, 0.1) is 12.8 Å². The van der Waals surface area contributed by atoms with E-state index in [1.54, 1.807) is 18.4 Å². The van der Waals surface area contributed by atoms with Crippen molar-refractivity contribution in [2.75, 3.05) is 19.5 Å². The zero-order chi connectivity index (χ0) is 12.4. The molecule has 1 aromatic carbocycles. The number of ether oxygens (including phenoxy) is 1. The standard InChI is InChI=1S/C13H16N2OS/c1-8-5-9(2)12(11(6-8)16-4)10-7-17-13(14-3)15-10/h5-7H,1-4H3,(H,14,15). The van der Waals surface area contributed by atoms with E-state index in [0.29, 0.717) is 0 Å². The largest absolute Gasteiger partial charge is 0.496 e. The van der Waals surface area contributed by atoms with Crippen LogP contribution in [0.5, 0.6) is 5.75 Å². The van der Waals surface area contributed by atoms with Crippen molar-refractivity contribution >= 4 is 16.5 Å². The Labute approximate surface area is 105 Å². The van der Waals surface area contributed by atoms with E-state index in [-0.39, 0.29) is 0 Å². The van der Waals surface area contributed by atoms with Gasteiger partial charge in [-0.3, -0.25) is 0 Å². The zero-order valence-electron chi connectivity index (χ0n) is 10.5. The van der Waals surface area contributed by atoms with Gasteiger partial charge in [0.15, 0.2) is 5.13 Å². The lowest BCUT2D eigenvalue weighted by Crippen LogP contribution is -1.93. The number of aromatic nitrogens is 1. The fourth-order valence-electron chi connectivity index (χ4n) is 1.92. The maximum absolute atomic E-state index is 5.45. The molecular weight excluding hydrogens is 232 g/mol. The maximum atomic E-state index is 5.45. The second kappa shape index (κ2) is 4.75. The third-order valence-electron chi connectivity index (χ3n) is 2.64. The molecular formula is C13H16N2OS. The highest BCUT2D eigenvalue weighted by atomic mass is 32.1. The van der Waals surface area contributed by atoms with E-state index >= 15 is 0 Å². The molecule has 0 fully saturated rings. The Bertz CT molecular complexity index is 534. The summed E-state index contributed by atoms with van der Waals surface area (Å²) in [6.07, 6.45) is 0. The third kappa shape index (κ3) is 2.26. The first-order chi connectivity index (χ1) is 8.15. The molecule has 3 nitrogen and oxygen atoms in total. The van der Waals surface area contributed by atoms with Crippen molar-refractivity contribution < 1.29 is 4.74 Å². The average Bonchev–Trinajstić information content (AvgIpc) is 2.76. The zero-order valence-corrected chi connectivity index (χ0v) is 11.3. The second-order valence-electron chi connectivity index (χ2n) is 3.95. The van der Waals surface area contributed by atoms with Gasteiger partial charge in [-0.1, -0.05) is 6.07 Å². The number of aryl methyl sites for hydroxylation is 2. The molecule has 4 heteroatoms. The lowest BCUT2D eigenvalue weighted by atomic mass is 10.0. The Morgan fingerprint density at radius 3 is 2.65 bits per heavy atom. The molecule has 0 radical (unpaired) electrons. The molecule has 0 aliphatic carbocycles. The third-order valence-corrected chi connectivity index (χ3v) is 3.50. The van der Waals surface area contributed by atoms with Crippen LogP contribution in [0.2, 0.25) is 0 Å². The lowest BCUT2D eigenvalue weighted by molar-refractivity contribution is 0.415. The summed E-state index contributed by atoms with van der Waals surface area (Å²) in [5.41, 5.74) is 4.44. The molecule has 1 N–H and O–H groups in total. The quantitative estimate of drug-likeness (QED) is 0.903. The van der Waals surface area contributed by atoms with Gasteiger partial charge in [-0.15, -0.1) is 11.3 Å².